The van der Waals surface area contributed by atoms with Crippen molar-refractivity contribution in [3.8, 4) is 0 Å². The number of benzene rings is 1. The quantitative estimate of drug-likeness (QED) is 0.722. The third-order valence-electron chi connectivity index (χ3n) is 3.40. The van der Waals surface area contributed by atoms with Gasteiger partial charge in [-0.2, -0.15) is 0 Å². The van der Waals surface area contributed by atoms with Crippen LogP contribution in [-0.2, 0) is 4.79 Å². The molecule has 0 saturated carbocycles. The van der Waals surface area contributed by atoms with Gasteiger partial charge in [-0.1, -0.05) is 32.3 Å². The molecule has 0 spiro atoms. The second-order valence-electron chi connectivity index (χ2n) is 5.29. The van der Waals surface area contributed by atoms with Crippen LogP contribution in [-0.4, -0.2) is 17.1 Å². The Kier molecular flexibility index (Phi) is 7.29. The number of hydrogen-bond acceptors (Lipinski definition) is 2. The molecule has 2 atom stereocenters. The van der Waals surface area contributed by atoms with Crippen molar-refractivity contribution in [2.24, 2.45) is 0 Å². The summed E-state index contributed by atoms with van der Waals surface area (Å²) in [5.41, 5.74) is 0.243. The molecule has 0 fully saturated rings. The van der Waals surface area contributed by atoms with Crippen LogP contribution in [0.2, 0.25) is 0 Å². The summed E-state index contributed by atoms with van der Waals surface area (Å²) in [6.07, 6.45) is 3.36. The van der Waals surface area contributed by atoms with E-state index in [4.69, 9.17) is 0 Å². The van der Waals surface area contributed by atoms with Crippen molar-refractivity contribution in [1.82, 2.24) is 5.32 Å². The largest absolute Gasteiger partial charge is 0.386 e. The van der Waals surface area contributed by atoms with Crippen LogP contribution in [0.5, 0.6) is 0 Å². The number of unbranched alkanes of at least 4 members (excludes halogenated alkanes) is 3. The predicted octanol–water partition coefficient (Wildman–Crippen LogP) is 3.47. The van der Waals surface area contributed by atoms with Gasteiger partial charge in [0.05, 0.1) is 12.1 Å². The van der Waals surface area contributed by atoms with E-state index in [1.165, 1.54) is 6.07 Å². The molecular formula is C16H23F2NO2. The Morgan fingerprint density at radius 1 is 1.24 bits per heavy atom. The van der Waals surface area contributed by atoms with E-state index in [-0.39, 0.29) is 11.5 Å². The van der Waals surface area contributed by atoms with Gasteiger partial charge >= 0.3 is 0 Å². The van der Waals surface area contributed by atoms with Crippen molar-refractivity contribution in [1.29, 1.82) is 0 Å². The molecule has 0 saturated heterocycles. The number of hydrogen-bond donors (Lipinski definition) is 2. The standard InChI is InChI=1S/C16H23F2NO2/c1-3-4-5-6-7-15(20)19-11(2)16(21)12-8-9-13(17)14(18)10-12/h8-11,16,21H,3-7H2,1-2H3,(H,19,20). The van der Waals surface area contributed by atoms with Gasteiger partial charge in [0.2, 0.25) is 5.91 Å². The maximum absolute atomic E-state index is 13.1. The molecule has 0 aromatic heterocycles. The fourth-order valence-electron chi connectivity index (χ4n) is 2.10. The van der Waals surface area contributed by atoms with E-state index in [1.807, 2.05) is 0 Å². The first kappa shape index (κ1) is 17.6. The highest BCUT2D eigenvalue weighted by Gasteiger charge is 2.19. The lowest BCUT2D eigenvalue weighted by Crippen LogP contribution is -2.37. The minimum atomic E-state index is -1.07. The van der Waals surface area contributed by atoms with Gasteiger partial charge in [-0.25, -0.2) is 8.78 Å². The molecule has 0 aliphatic heterocycles. The number of amides is 1. The molecule has 1 amide bonds. The molecule has 0 heterocycles. The molecule has 0 bridgehead atoms. The first-order valence-corrected chi connectivity index (χ1v) is 7.38. The van der Waals surface area contributed by atoms with E-state index >= 15 is 0 Å². The number of nitrogens with one attached hydrogen (secondary N) is 1. The number of aliphatic hydroxyl groups is 1. The molecule has 0 aliphatic rings. The first-order valence-electron chi connectivity index (χ1n) is 7.38. The van der Waals surface area contributed by atoms with Gasteiger partial charge in [0.1, 0.15) is 0 Å². The lowest BCUT2D eigenvalue weighted by molar-refractivity contribution is -0.122. The fourth-order valence-corrected chi connectivity index (χ4v) is 2.10. The summed E-state index contributed by atoms with van der Waals surface area (Å²) in [7, 11) is 0. The number of carbonyl (C=O) groups excluding carboxylic acids is 1. The Hall–Kier alpha value is -1.49. The molecule has 2 unspecified atom stereocenters. The maximum atomic E-state index is 13.1. The predicted molar refractivity (Wildman–Crippen MR) is 77.7 cm³/mol. The fraction of sp³-hybridized carbons (Fsp3) is 0.562. The zero-order valence-electron chi connectivity index (χ0n) is 12.5. The molecular weight excluding hydrogens is 276 g/mol. The van der Waals surface area contributed by atoms with Gasteiger partial charge in [-0.05, 0) is 31.0 Å². The molecule has 1 aromatic rings. The number of carbonyl (C=O) groups is 1. The Morgan fingerprint density at radius 2 is 1.95 bits per heavy atom. The molecule has 21 heavy (non-hydrogen) atoms. The number of rotatable bonds is 8. The van der Waals surface area contributed by atoms with E-state index < -0.39 is 23.8 Å². The van der Waals surface area contributed by atoms with E-state index in [2.05, 4.69) is 12.2 Å². The SMILES string of the molecule is CCCCCCC(=O)NC(C)C(O)c1ccc(F)c(F)c1. The van der Waals surface area contributed by atoms with Gasteiger partial charge in [0.25, 0.3) is 0 Å². The van der Waals surface area contributed by atoms with Crippen molar-refractivity contribution in [2.75, 3.05) is 0 Å². The summed E-state index contributed by atoms with van der Waals surface area (Å²) in [4.78, 5) is 11.7. The zero-order chi connectivity index (χ0) is 15.8. The van der Waals surface area contributed by atoms with Gasteiger partial charge < -0.3 is 10.4 Å². The Morgan fingerprint density at radius 3 is 2.57 bits per heavy atom. The summed E-state index contributed by atoms with van der Waals surface area (Å²) >= 11 is 0. The lowest BCUT2D eigenvalue weighted by atomic mass is 10.0. The van der Waals surface area contributed by atoms with Crippen molar-refractivity contribution >= 4 is 5.91 Å². The summed E-state index contributed by atoms with van der Waals surface area (Å²) in [5.74, 6) is -2.11. The topological polar surface area (TPSA) is 49.3 Å². The molecule has 118 valence electrons. The highest BCUT2D eigenvalue weighted by Crippen LogP contribution is 2.19. The number of aliphatic hydroxyl groups excluding tert-OH is 1. The molecule has 5 heteroatoms. The number of halogens is 2. The third kappa shape index (κ3) is 5.79. The van der Waals surface area contributed by atoms with Crippen LogP contribution < -0.4 is 5.32 Å². The highest BCUT2D eigenvalue weighted by atomic mass is 19.2. The summed E-state index contributed by atoms with van der Waals surface area (Å²) in [6.45, 7) is 3.73. The van der Waals surface area contributed by atoms with Gasteiger partial charge in [0, 0.05) is 6.42 Å². The summed E-state index contributed by atoms with van der Waals surface area (Å²) in [6, 6.07) is 2.66. The van der Waals surface area contributed by atoms with Crippen LogP contribution in [0.4, 0.5) is 8.78 Å². The minimum absolute atomic E-state index is 0.139. The molecule has 3 nitrogen and oxygen atoms in total. The molecule has 0 aliphatic carbocycles. The van der Waals surface area contributed by atoms with Crippen molar-refractivity contribution in [2.45, 2.75) is 58.1 Å². The normalized spacial score (nSPS) is 13.8. The van der Waals surface area contributed by atoms with Crippen molar-refractivity contribution in [3.63, 3.8) is 0 Å². The minimum Gasteiger partial charge on any atom is -0.386 e. The van der Waals surface area contributed by atoms with Crippen LogP contribution in [0.3, 0.4) is 0 Å². The van der Waals surface area contributed by atoms with Crippen LogP contribution in [0.15, 0.2) is 18.2 Å². The van der Waals surface area contributed by atoms with E-state index in [9.17, 15) is 18.7 Å². The summed E-state index contributed by atoms with van der Waals surface area (Å²) < 4.78 is 26.0. The smallest absolute Gasteiger partial charge is 0.220 e. The van der Waals surface area contributed by atoms with Crippen LogP contribution in [0, 0.1) is 11.6 Å². The first-order chi connectivity index (χ1) is 9.95. The Balaban J connectivity index is 2.48. The molecule has 1 rings (SSSR count). The second-order valence-corrected chi connectivity index (χ2v) is 5.29. The third-order valence-corrected chi connectivity index (χ3v) is 3.40. The average molecular weight is 299 g/mol. The van der Waals surface area contributed by atoms with Gasteiger partial charge in [-0.3, -0.25) is 4.79 Å². The zero-order valence-corrected chi connectivity index (χ0v) is 12.5. The average Bonchev–Trinajstić information content (AvgIpc) is 2.45. The Bertz CT molecular complexity index is 466. The van der Waals surface area contributed by atoms with Crippen LogP contribution >= 0.6 is 0 Å². The lowest BCUT2D eigenvalue weighted by Gasteiger charge is -2.20. The highest BCUT2D eigenvalue weighted by molar-refractivity contribution is 5.76. The molecule has 1 aromatic carbocycles. The Labute approximate surface area is 124 Å². The van der Waals surface area contributed by atoms with Crippen molar-refractivity contribution < 1.29 is 18.7 Å². The van der Waals surface area contributed by atoms with E-state index in [0.717, 1.165) is 37.8 Å². The van der Waals surface area contributed by atoms with Gasteiger partial charge in [0.15, 0.2) is 11.6 Å². The molecule has 0 radical (unpaired) electrons. The van der Waals surface area contributed by atoms with Crippen LogP contribution in [0.25, 0.3) is 0 Å². The second kappa shape index (κ2) is 8.72. The summed E-state index contributed by atoms with van der Waals surface area (Å²) in [5, 5.41) is 12.7. The van der Waals surface area contributed by atoms with Crippen LogP contribution in [0.1, 0.15) is 57.6 Å². The van der Waals surface area contributed by atoms with Crippen molar-refractivity contribution in [3.05, 3.63) is 35.4 Å². The van der Waals surface area contributed by atoms with E-state index in [1.54, 1.807) is 6.92 Å². The molecule has 2 N–H and O–H groups in total. The van der Waals surface area contributed by atoms with E-state index in [0.29, 0.717) is 6.42 Å². The maximum Gasteiger partial charge on any atom is 0.220 e. The van der Waals surface area contributed by atoms with Gasteiger partial charge in [-0.15, -0.1) is 0 Å². The monoisotopic (exact) mass is 299 g/mol.